The first-order chi connectivity index (χ1) is 16.3. The summed E-state index contributed by atoms with van der Waals surface area (Å²) in [5, 5.41) is 12.8. The Kier molecular flexibility index (Phi) is 5.16. The number of carbonyl (C=O) groups excluding carboxylic acids is 3. The number of carbonyl (C=O) groups is 3. The van der Waals surface area contributed by atoms with Crippen molar-refractivity contribution in [1.29, 1.82) is 5.26 Å². The largest absolute Gasteiger partial charge is 0.326 e. The van der Waals surface area contributed by atoms with E-state index in [0.717, 1.165) is 5.56 Å². The smallest absolute Gasteiger partial charge is 0.254 e. The van der Waals surface area contributed by atoms with Crippen molar-refractivity contribution in [2.75, 3.05) is 18.4 Å². The first-order valence-electron chi connectivity index (χ1n) is 11.5. The third-order valence-electron chi connectivity index (χ3n) is 7.32. The molecule has 1 unspecified atom stereocenters. The summed E-state index contributed by atoms with van der Waals surface area (Å²) >= 11 is 0. The maximum Gasteiger partial charge on any atom is 0.254 e. The van der Waals surface area contributed by atoms with Crippen LogP contribution < -0.4 is 5.32 Å². The molecule has 1 fully saturated rings. The lowest BCUT2D eigenvalue weighted by Gasteiger charge is -2.39. The number of nitrogens with zero attached hydrogens (tertiary/aromatic N) is 3. The molecule has 1 spiro atoms. The lowest BCUT2D eigenvalue weighted by Crippen LogP contribution is -2.56. The Balaban J connectivity index is 1.48. The Hall–Kier alpha value is -3.73. The number of nitrogens with one attached hydrogen (secondary N) is 1. The van der Waals surface area contributed by atoms with Crippen LogP contribution in [0.15, 0.2) is 42.5 Å². The van der Waals surface area contributed by atoms with Crippen molar-refractivity contribution in [3.05, 3.63) is 65.0 Å². The highest BCUT2D eigenvalue weighted by molar-refractivity contribution is 6.07. The number of benzene rings is 2. The number of rotatable bonds is 3. The molecule has 1 saturated heterocycles. The predicted octanol–water partition coefficient (Wildman–Crippen LogP) is 2.86. The lowest BCUT2D eigenvalue weighted by molar-refractivity contribution is -0.138. The van der Waals surface area contributed by atoms with Crippen molar-refractivity contribution in [3.63, 3.8) is 0 Å². The molecule has 1 N–H and O–H groups in total. The van der Waals surface area contributed by atoms with Gasteiger partial charge in [-0.2, -0.15) is 5.26 Å². The average Bonchev–Trinajstić information content (AvgIpc) is 3.34. The maximum atomic E-state index is 13.9. The van der Waals surface area contributed by atoms with E-state index in [-0.39, 0.29) is 43.1 Å². The van der Waals surface area contributed by atoms with Crippen LogP contribution in [0.25, 0.3) is 0 Å². The van der Waals surface area contributed by atoms with Crippen molar-refractivity contribution in [3.8, 4) is 6.07 Å². The molecule has 0 saturated carbocycles. The van der Waals surface area contributed by atoms with Gasteiger partial charge in [0.1, 0.15) is 17.9 Å². The molecule has 174 valence electrons. The number of hydrogen-bond donors (Lipinski definition) is 1. The number of hydrogen-bond acceptors (Lipinski definition) is 4. The molecule has 0 aliphatic carbocycles. The standard InChI is InChI=1S/C26H25FN4O3/c1-15(2)22(30-10-9-16-11-17(27)7-8-19(16)23(30)32)24(33)31-14-26(12-18(31)13-28)20-5-3-4-6-21(20)29-25(26)34/h3-8,11,15,18,22H,9-10,12,14H2,1-2H3,(H,29,34)/t18?,22-,26-/m0/s1. The number of likely N-dealkylation sites (tertiary alicyclic amines) is 1. The topological polar surface area (TPSA) is 93.5 Å². The Bertz CT molecular complexity index is 1250. The Morgan fingerprint density at radius 3 is 2.74 bits per heavy atom. The van der Waals surface area contributed by atoms with Crippen LogP contribution in [0.2, 0.25) is 0 Å². The summed E-state index contributed by atoms with van der Waals surface area (Å²) in [6, 6.07) is 12.1. The van der Waals surface area contributed by atoms with E-state index < -0.39 is 23.3 Å². The number of fused-ring (bicyclic) bond motifs is 3. The van der Waals surface area contributed by atoms with Gasteiger partial charge in [0.15, 0.2) is 0 Å². The summed E-state index contributed by atoms with van der Waals surface area (Å²) in [5.74, 6) is -1.49. The highest BCUT2D eigenvalue weighted by Crippen LogP contribution is 2.46. The van der Waals surface area contributed by atoms with Crippen LogP contribution in [0.4, 0.5) is 10.1 Å². The molecule has 3 heterocycles. The number of halogens is 1. The molecule has 3 atom stereocenters. The zero-order valence-electron chi connectivity index (χ0n) is 19.0. The maximum absolute atomic E-state index is 13.9. The van der Waals surface area contributed by atoms with Crippen LogP contribution in [-0.2, 0) is 21.4 Å². The highest BCUT2D eigenvalue weighted by Gasteiger charge is 2.57. The van der Waals surface area contributed by atoms with E-state index in [0.29, 0.717) is 23.2 Å². The summed E-state index contributed by atoms with van der Waals surface area (Å²) < 4.78 is 13.7. The number of para-hydroxylation sites is 1. The molecule has 7 nitrogen and oxygen atoms in total. The summed E-state index contributed by atoms with van der Waals surface area (Å²) in [7, 11) is 0. The molecule has 0 aromatic heterocycles. The van der Waals surface area contributed by atoms with Crippen LogP contribution in [0, 0.1) is 23.1 Å². The van der Waals surface area contributed by atoms with Gasteiger partial charge in [-0.25, -0.2) is 4.39 Å². The summed E-state index contributed by atoms with van der Waals surface area (Å²) in [6.45, 7) is 4.09. The molecule has 0 bridgehead atoms. The molecule has 3 aliphatic heterocycles. The molecular weight excluding hydrogens is 435 g/mol. The van der Waals surface area contributed by atoms with Gasteiger partial charge in [0.2, 0.25) is 11.8 Å². The normalized spacial score (nSPS) is 24.1. The van der Waals surface area contributed by atoms with E-state index in [1.54, 1.807) is 0 Å². The van der Waals surface area contributed by atoms with Gasteiger partial charge in [-0.15, -0.1) is 0 Å². The zero-order valence-corrected chi connectivity index (χ0v) is 19.0. The van der Waals surface area contributed by atoms with Gasteiger partial charge in [-0.3, -0.25) is 14.4 Å². The quantitative estimate of drug-likeness (QED) is 0.762. The van der Waals surface area contributed by atoms with Crippen LogP contribution in [0.1, 0.15) is 41.8 Å². The summed E-state index contributed by atoms with van der Waals surface area (Å²) in [4.78, 5) is 43.3. The zero-order chi connectivity index (χ0) is 24.2. The fraction of sp³-hybridized carbons (Fsp3) is 0.385. The molecular formula is C26H25FN4O3. The summed E-state index contributed by atoms with van der Waals surface area (Å²) in [5.41, 5.74) is 1.54. The van der Waals surface area contributed by atoms with Crippen molar-refractivity contribution in [2.24, 2.45) is 5.92 Å². The SMILES string of the molecule is CC(C)[C@@H](C(=O)N1C[C@]2(CC1C#N)C(=O)Nc1ccccc12)N1CCc2cc(F)ccc2C1=O. The van der Waals surface area contributed by atoms with Crippen molar-refractivity contribution < 1.29 is 18.8 Å². The fourth-order valence-electron chi connectivity index (χ4n) is 5.67. The Labute approximate surface area is 197 Å². The average molecular weight is 461 g/mol. The third kappa shape index (κ3) is 3.18. The van der Waals surface area contributed by atoms with Crippen molar-refractivity contribution >= 4 is 23.4 Å². The van der Waals surface area contributed by atoms with Gasteiger partial charge in [0.05, 0.1) is 11.5 Å². The van der Waals surface area contributed by atoms with E-state index in [4.69, 9.17) is 0 Å². The number of amides is 3. The van der Waals surface area contributed by atoms with Gasteiger partial charge < -0.3 is 15.1 Å². The fourth-order valence-corrected chi connectivity index (χ4v) is 5.67. The second-order valence-electron chi connectivity index (χ2n) is 9.64. The van der Waals surface area contributed by atoms with E-state index in [1.165, 1.54) is 28.0 Å². The monoisotopic (exact) mass is 460 g/mol. The first-order valence-corrected chi connectivity index (χ1v) is 11.5. The van der Waals surface area contributed by atoms with Gasteiger partial charge in [-0.05, 0) is 47.7 Å². The minimum atomic E-state index is -0.982. The number of nitriles is 1. The Morgan fingerprint density at radius 2 is 2.00 bits per heavy atom. The first kappa shape index (κ1) is 22.1. The highest BCUT2D eigenvalue weighted by atomic mass is 19.1. The van der Waals surface area contributed by atoms with E-state index >= 15 is 0 Å². The molecule has 5 rings (SSSR count). The van der Waals surface area contributed by atoms with E-state index in [9.17, 15) is 24.0 Å². The number of anilines is 1. The molecule has 34 heavy (non-hydrogen) atoms. The Morgan fingerprint density at radius 1 is 1.24 bits per heavy atom. The molecule has 2 aromatic carbocycles. The van der Waals surface area contributed by atoms with Gasteiger partial charge >= 0.3 is 0 Å². The third-order valence-corrected chi connectivity index (χ3v) is 7.32. The van der Waals surface area contributed by atoms with Crippen LogP contribution in [-0.4, -0.2) is 52.7 Å². The van der Waals surface area contributed by atoms with Crippen molar-refractivity contribution in [1.82, 2.24) is 9.80 Å². The summed E-state index contributed by atoms with van der Waals surface area (Å²) in [6.07, 6.45) is 0.649. The molecule has 2 aromatic rings. The van der Waals surface area contributed by atoms with Crippen LogP contribution in [0.5, 0.6) is 0 Å². The van der Waals surface area contributed by atoms with Crippen molar-refractivity contribution in [2.45, 2.75) is 44.2 Å². The van der Waals surface area contributed by atoms with E-state index in [2.05, 4.69) is 11.4 Å². The minimum absolute atomic E-state index is 0.0833. The minimum Gasteiger partial charge on any atom is -0.326 e. The van der Waals surface area contributed by atoms with Crippen LogP contribution >= 0.6 is 0 Å². The molecule has 8 heteroatoms. The van der Waals surface area contributed by atoms with Crippen LogP contribution in [0.3, 0.4) is 0 Å². The van der Waals surface area contributed by atoms with Gasteiger partial charge in [-0.1, -0.05) is 32.0 Å². The second-order valence-corrected chi connectivity index (χ2v) is 9.64. The molecule has 3 amide bonds. The lowest BCUT2D eigenvalue weighted by atomic mass is 9.80. The molecule has 3 aliphatic rings. The second kappa shape index (κ2) is 7.94. The van der Waals surface area contributed by atoms with E-state index in [1.807, 2.05) is 38.1 Å². The predicted molar refractivity (Wildman–Crippen MR) is 122 cm³/mol. The van der Waals surface area contributed by atoms with Gasteiger partial charge in [0, 0.05) is 30.8 Å². The van der Waals surface area contributed by atoms with Gasteiger partial charge in [0.25, 0.3) is 5.91 Å². The molecule has 0 radical (unpaired) electrons.